The first-order valence-corrected chi connectivity index (χ1v) is 9.09. The molecule has 0 aliphatic rings. The van der Waals surface area contributed by atoms with Crippen LogP contribution in [-0.4, -0.2) is 5.91 Å². The summed E-state index contributed by atoms with van der Waals surface area (Å²) in [6.45, 7) is 6.05. The van der Waals surface area contributed by atoms with E-state index in [2.05, 4.69) is 0 Å². The molecule has 0 saturated heterocycles. The fourth-order valence-corrected chi connectivity index (χ4v) is 3.82. The molecule has 3 nitrogen and oxygen atoms in total. The summed E-state index contributed by atoms with van der Waals surface area (Å²) in [6, 6.07) is 19.9. The van der Waals surface area contributed by atoms with E-state index in [4.69, 9.17) is 10.2 Å². The van der Waals surface area contributed by atoms with Gasteiger partial charge < -0.3 is 10.2 Å². The van der Waals surface area contributed by atoms with E-state index in [1.165, 1.54) is 0 Å². The molecule has 0 radical (unpaired) electrons. The van der Waals surface area contributed by atoms with Crippen LogP contribution < -0.4 is 5.73 Å². The summed E-state index contributed by atoms with van der Waals surface area (Å²) in [5, 5.41) is 0. The van der Waals surface area contributed by atoms with Crippen molar-refractivity contribution in [2.24, 2.45) is 5.73 Å². The second kappa shape index (κ2) is 7.20. The Hall–Kier alpha value is -2.81. The van der Waals surface area contributed by atoms with Crippen molar-refractivity contribution in [1.82, 2.24) is 0 Å². The summed E-state index contributed by atoms with van der Waals surface area (Å²) < 4.78 is 6.37. The molecular formula is C23H25NO2. The third-order valence-electron chi connectivity index (χ3n) is 5.38. The Labute approximate surface area is 154 Å². The van der Waals surface area contributed by atoms with Gasteiger partial charge in [-0.15, -0.1) is 0 Å². The van der Waals surface area contributed by atoms with Gasteiger partial charge in [-0.1, -0.05) is 74.5 Å². The molecule has 0 bridgehead atoms. The van der Waals surface area contributed by atoms with Crippen LogP contribution in [0, 0.1) is 6.92 Å². The van der Waals surface area contributed by atoms with E-state index < -0.39 is 5.41 Å². The molecule has 26 heavy (non-hydrogen) atoms. The molecule has 2 aromatic carbocycles. The lowest BCUT2D eigenvalue weighted by molar-refractivity contribution is -0.123. The SMILES string of the molecule is CCC(CC)(C(N)=O)c1c(-c2ccccc2)oc(-c2ccccc2)c1C. The highest BCUT2D eigenvalue weighted by Crippen LogP contribution is 2.45. The van der Waals surface area contributed by atoms with Crippen LogP contribution in [0.3, 0.4) is 0 Å². The second-order valence-electron chi connectivity index (χ2n) is 6.65. The van der Waals surface area contributed by atoms with Gasteiger partial charge in [0, 0.05) is 22.3 Å². The Balaban J connectivity index is 2.35. The van der Waals surface area contributed by atoms with Crippen molar-refractivity contribution in [2.75, 3.05) is 0 Å². The average Bonchev–Trinajstić information content (AvgIpc) is 3.02. The number of furan rings is 1. The summed E-state index contributed by atoms with van der Waals surface area (Å²) in [4.78, 5) is 12.5. The van der Waals surface area contributed by atoms with Crippen molar-refractivity contribution in [1.29, 1.82) is 0 Å². The van der Waals surface area contributed by atoms with E-state index in [-0.39, 0.29) is 5.91 Å². The topological polar surface area (TPSA) is 56.2 Å². The number of nitrogens with two attached hydrogens (primary N) is 1. The van der Waals surface area contributed by atoms with Crippen LogP contribution in [0.25, 0.3) is 22.6 Å². The van der Waals surface area contributed by atoms with Crippen LogP contribution in [0.5, 0.6) is 0 Å². The van der Waals surface area contributed by atoms with Gasteiger partial charge in [0.1, 0.15) is 11.5 Å². The first-order valence-electron chi connectivity index (χ1n) is 9.09. The minimum Gasteiger partial charge on any atom is -0.455 e. The highest BCUT2D eigenvalue weighted by Gasteiger charge is 2.41. The van der Waals surface area contributed by atoms with E-state index in [9.17, 15) is 4.79 Å². The smallest absolute Gasteiger partial charge is 0.228 e. The summed E-state index contributed by atoms with van der Waals surface area (Å²) in [7, 11) is 0. The van der Waals surface area contributed by atoms with Gasteiger partial charge in [-0.2, -0.15) is 0 Å². The molecule has 0 spiro atoms. The highest BCUT2D eigenvalue weighted by molar-refractivity contribution is 5.91. The van der Waals surface area contributed by atoms with Gasteiger partial charge in [0.2, 0.25) is 5.91 Å². The predicted octanol–water partition coefficient (Wildman–Crippen LogP) is 5.47. The van der Waals surface area contributed by atoms with Crippen LogP contribution in [0.15, 0.2) is 65.1 Å². The number of benzene rings is 2. The normalized spacial score (nSPS) is 11.5. The van der Waals surface area contributed by atoms with Crippen LogP contribution in [0.2, 0.25) is 0 Å². The van der Waals surface area contributed by atoms with Gasteiger partial charge in [-0.05, 0) is 19.8 Å². The zero-order valence-corrected chi connectivity index (χ0v) is 15.6. The molecular weight excluding hydrogens is 322 g/mol. The molecule has 1 heterocycles. The lowest BCUT2D eigenvalue weighted by atomic mass is 9.72. The third-order valence-corrected chi connectivity index (χ3v) is 5.38. The molecule has 0 aliphatic heterocycles. The van der Waals surface area contributed by atoms with Crippen molar-refractivity contribution < 1.29 is 9.21 Å². The maximum atomic E-state index is 12.5. The number of hydrogen-bond donors (Lipinski definition) is 1. The van der Waals surface area contributed by atoms with Gasteiger partial charge in [-0.25, -0.2) is 0 Å². The number of amides is 1. The number of carbonyl (C=O) groups is 1. The molecule has 0 atom stereocenters. The van der Waals surface area contributed by atoms with Gasteiger partial charge in [0.05, 0.1) is 5.41 Å². The minimum absolute atomic E-state index is 0.303. The second-order valence-corrected chi connectivity index (χ2v) is 6.65. The first kappa shape index (κ1) is 18.0. The highest BCUT2D eigenvalue weighted by atomic mass is 16.3. The maximum Gasteiger partial charge on any atom is 0.228 e. The number of carbonyl (C=O) groups excluding carboxylic acids is 1. The number of primary amides is 1. The molecule has 3 rings (SSSR count). The third kappa shape index (κ3) is 2.84. The fourth-order valence-electron chi connectivity index (χ4n) is 3.82. The van der Waals surface area contributed by atoms with E-state index >= 15 is 0 Å². The first-order chi connectivity index (χ1) is 12.5. The summed E-state index contributed by atoms with van der Waals surface area (Å²) in [5.41, 5.74) is 9.02. The zero-order valence-electron chi connectivity index (χ0n) is 15.6. The van der Waals surface area contributed by atoms with Crippen LogP contribution in [-0.2, 0) is 10.2 Å². The van der Waals surface area contributed by atoms with Crippen molar-refractivity contribution in [3.05, 3.63) is 71.8 Å². The van der Waals surface area contributed by atoms with Crippen molar-refractivity contribution in [2.45, 2.75) is 39.0 Å². The molecule has 3 aromatic rings. The standard InChI is InChI=1S/C23H25NO2/c1-4-23(5-2,22(24)25)19-16(3)20(17-12-8-6-9-13-17)26-21(19)18-14-10-7-11-15-18/h6-15H,4-5H2,1-3H3,(H2,24,25). The van der Waals surface area contributed by atoms with Crippen molar-refractivity contribution in [3.63, 3.8) is 0 Å². The molecule has 1 amide bonds. The summed E-state index contributed by atoms with van der Waals surface area (Å²) >= 11 is 0. The molecule has 1 aromatic heterocycles. The zero-order chi connectivity index (χ0) is 18.7. The molecule has 0 unspecified atom stereocenters. The lowest BCUT2D eigenvalue weighted by Crippen LogP contribution is -2.40. The van der Waals surface area contributed by atoms with Crippen LogP contribution in [0.1, 0.15) is 37.8 Å². The van der Waals surface area contributed by atoms with Gasteiger partial charge in [0.15, 0.2) is 0 Å². The number of hydrogen-bond acceptors (Lipinski definition) is 2. The van der Waals surface area contributed by atoms with E-state index in [1.807, 2.05) is 81.4 Å². The Morgan fingerprint density at radius 3 is 1.77 bits per heavy atom. The molecule has 0 aliphatic carbocycles. The predicted molar refractivity (Wildman–Crippen MR) is 106 cm³/mol. The minimum atomic E-state index is -0.744. The molecule has 2 N–H and O–H groups in total. The Bertz CT molecular complexity index is 891. The molecule has 134 valence electrons. The van der Waals surface area contributed by atoms with Crippen LogP contribution >= 0.6 is 0 Å². The van der Waals surface area contributed by atoms with Gasteiger partial charge in [0.25, 0.3) is 0 Å². The van der Waals surface area contributed by atoms with E-state index in [0.717, 1.165) is 33.8 Å². The number of rotatable bonds is 6. The molecule has 3 heteroatoms. The fraction of sp³-hybridized carbons (Fsp3) is 0.261. The van der Waals surface area contributed by atoms with Crippen molar-refractivity contribution >= 4 is 5.91 Å². The maximum absolute atomic E-state index is 12.5. The van der Waals surface area contributed by atoms with E-state index in [0.29, 0.717) is 12.8 Å². The lowest BCUT2D eigenvalue weighted by Gasteiger charge is -2.29. The Kier molecular flexibility index (Phi) is 4.99. The van der Waals surface area contributed by atoms with Gasteiger partial charge in [-0.3, -0.25) is 4.79 Å². The van der Waals surface area contributed by atoms with Crippen molar-refractivity contribution in [3.8, 4) is 22.6 Å². The molecule has 0 fully saturated rings. The monoisotopic (exact) mass is 347 g/mol. The molecule has 0 saturated carbocycles. The largest absolute Gasteiger partial charge is 0.455 e. The Morgan fingerprint density at radius 1 is 0.885 bits per heavy atom. The van der Waals surface area contributed by atoms with Gasteiger partial charge >= 0.3 is 0 Å². The van der Waals surface area contributed by atoms with Crippen LogP contribution in [0.4, 0.5) is 0 Å². The summed E-state index contributed by atoms with van der Waals surface area (Å²) in [5.74, 6) is 1.24. The quantitative estimate of drug-likeness (QED) is 0.643. The van der Waals surface area contributed by atoms with E-state index in [1.54, 1.807) is 0 Å². The Morgan fingerprint density at radius 2 is 1.35 bits per heavy atom. The average molecular weight is 347 g/mol. The summed E-state index contributed by atoms with van der Waals surface area (Å²) in [6.07, 6.45) is 1.26.